The minimum atomic E-state index is 0.980. The predicted molar refractivity (Wildman–Crippen MR) is 44.2 cm³/mol. The lowest BCUT2D eigenvalue weighted by Crippen LogP contribution is -1.91. The van der Waals surface area contributed by atoms with Crippen LogP contribution in [-0.2, 0) is 0 Å². The summed E-state index contributed by atoms with van der Waals surface area (Å²) >= 11 is 2.17. The quantitative estimate of drug-likeness (QED) is 0.638. The van der Waals surface area contributed by atoms with Gasteiger partial charge in [0.15, 0.2) is 0 Å². The van der Waals surface area contributed by atoms with Crippen LogP contribution in [0.3, 0.4) is 0 Å². The Morgan fingerprint density at radius 2 is 2.00 bits per heavy atom. The Bertz CT molecular complexity index is 222. The minimum Gasteiger partial charge on any atom is -0.155 e. The summed E-state index contributed by atoms with van der Waals surface area (Å²) < 4.78 is 0.984. The second kappa shape index (κ2) is 2.60. The summed E-state index contributed by atoms with van der Waals surface area (Å²) in [5.41, 5.74) is 2.18. The number of aryl methyl sites for hydroxylation is 2. The number of halogens is 1. The Hall–Kier alpha value is -0.190. The van der Waals surface area contributed by atoms with E-state index in [0.717, 1.165) is 9.39 Å². The summed E-state index contributed by atoms with van der Waals surface area (Å²) in [7, 11) is 0. The van der Waals surface area contributed by atoms with Crippen LogP contribution in [-0.4, -0.2) is 10.2 Å². The lowest BCUT2D eigenvalue weighted by Gasteiger charge is -1.94. The molecule has 0 aliphatic rings. The molecule has 0 fully saturated rings. The molecule has 0 radical (unpaired) electrons. The van der Waals surface area contributed by atoms with Gasteiger partial charge in [-0.3, -0.25) is 0 Å². The SMILES string of the molecule is Cc1cc(C)c(I)nn1. The molecule has 0 saturated carbocycles. The van der Waals surface area contributed by atoms with E-state index < -0.39 is 0 Å². The molecule has 0 amide bonds. The monoisotopic (exact) mass is 234 g/mol. The smallest absolute Gasteiger partial charge is 0.126 e. The standard InChI is InChI=1S/C6H7IN2/c1-4-3-5(2)8-9-6(4)7/h3H,1-2H3. The number of hydrogen-bond acceptors (Lipinski definition) is 2. The van der Waals surface area contributed by atoms with Gasteiger partial charge >= 0.3 is 0 Å². The van der Waals surface area contributed by atoms with Crippen molar-refractivity contribution in [3.63, 3.8) is 0 Å². The highest BCUT2D eigenvalue weighted by molar-refractivity contribution is 14.1. The van der Waals surface area contributed by atoms with Crippen LogP contribution in [0, 0.1) is 17.5 Å². The molecule has 3 heteroatoms. The summed E-state index contributed by atoms with van der Waals surface area (Å²) in [5.74, 6) is 0. The summed E-state index contributed by atoms with van der Waals surface area (Å²) in [6.45, 7) is 3.97. The molecule has 1 rings (SSSR count). The summed E-state index contributed by atoms with van der Waals surface area (Å²) in [6, 6.07) is 2.02. The highest BCUT2D eigenvalue weighted by Crippen LogP contribution is 2.05. The Morgan fingerprint density at radius 3 is 2.44 bits per heavy atom. The highest BCUT2D eigenvalue weighted by atomic mass is 127. The van der Waals surface area contributed by atoms with Crippen LogP contribution < -0.4 is 0 Å². The topological polar surface area (TPSA) is 25.8 Å². The molecule has 2 nitrogen and oxygen atoms in total. The van der Waals surface area contributed by atoms with Crippen molar-refractivity contribution in [2.24, 2.45) is 0 Å². The lowest BCUT2D eigenvalue weighted by atomic mass is 10.3. The van der Waals surface area contributed by atoms with Crippen LogP contribution >= 0.6 is 22.6 Å². The molecule has 1 aromatic rings. The van der Waals surface area contributed by atoms with E-state index in [2.05, 4.69) is 32.8 Å². The van der Waals surface area contributed by atoms with E-state index >= 15 is 0 Å². The molecule has 0 bridgehead atoms. The van der Waals surface area contributed by atoms with E-state index in [1.165, 1.54) is 5.56 Å². The van der Waals surface area contributed by atoms with Crippen LogP contribution in [0.15, 0.2) is 6.07 Å². The maximum Gasteiger partial charge on any atom is 0.126 e. The van der Waals surface area contributed by atoms with E-state index in [-0.39, 0.29) is 0 Å². The van der Waals surface area contributed by atoms with Crippen LogP contribution in [0.1, 0.15) is 11.3 Å². The fraction of sp³-hybridized carbons (Fsp3) is 0.333. The third-order valence-corrected chi connectivity index (χ3v) is 2.11. The van der Waals surface area contributed by atoms with Gasteiger partial charge in [-0.15, -0.1) is 5.10 Å². The summed E-state index contributed by atoms with van der Waals surface area (Å²) in [5, 5.41) is 7.80. The first kappa shape index (κ1) is 6.92. The van der Waals surface area contributed by atoms with Crippen LogP contribution in [0.2, 0.25) is 0 Å². The molecule has 0 unspecified atom stereocenters. The number of hydrogen-bond donors (Lipinski definition) is 0. The van der Waals surface area contributed by atoms with Gasteiger partial charge < -0.3 is 0 Å². The van der Waals surface area contributed by atoms with Crippen molar-refractivity contribution in [3.05, 3.63) is 21.0 Å². The molecule has 1 aromatic heterocycles. The number of aromatic nitrogens is 2. The molecule has 9 heavy (non-hydrogen) atoms. The summed E-state index contributed by atoms with van der Waals surface area (Å²) in [4.78, 5) is 0. The molecule has 0 aliphatic carbocycles. The van der Waals surface area contributed by atoms with Crippen LogP contribution in [0.25, 0.3) is 0 Å². The Labute approximate surface area is 67.8 Å². The van der Waals surface area contributed by atoms with Gasteiger partial charge in [0, 0.05) is 0 Å². The van der Waals surface area contributed by atoms with Gasteiger partial charge in [-0.2, -0.15) is 5.10 Å². The average Bonchev–Trinajstić information content (AvgIpc) is 1.80. The molecule has 0 N–H and O–H groups in total. The van der Waals surface area contributed by atoms with Gasteiger partial charge in [0.25, 0.3) is 0 Å². The van der Waals surface area contributed by atoms with Crippen molar-refractivity contribution >= 4 is 22.6 Å². The molecule has 1 heterocycles. The second-order valence-corrected chi connectivity index (χ2v) is 2.98. The van der Waals surface area contributed by atoms with Gasteiger partial charge in [0.2, 0.25) is 0 Å². The first-order valence-corrected chi connectivity index (χ1v) is 3.74. The van der Waals surface area contributed by atoms with E-state index in [1.807, 2.05) is 19.9 Å². The van der Waals surface area contributed by atoms with E-state index in [0.29, 0.717) is 0 Å². The van der Waals surface area contributed by atoms with E-state index in [4.69, 9.17) is 0 Å². The van der Waals surface area contributed by atoms with Gasteiger partial charge in [-0.1, -0.05) is 0 Å². The molecule has 0 atom stereocenters. The molecule has 0 saturated heterocycles. The third kappa shape index (κ3) is 1.61. The fourth-order valence-electron chi connectivity index (χ4n) is 0.603. The number of rotatable bonds is 0. The third-order valence-electron chi connectivity index (χ3n) is 1.05. The summed E-state index contributed by atoms with van der Waals surface area (Å²) in [6.07, 6.45) is 0. The van der Waals surface area contributed by atoms with Gasteiger partial charge in [0.05, 0.1) is 5.69 Å². The van der Waals surface area contributed by atoms with Gasteiger partial charge in [-0.25, -0.2) is 0 Å². The largest absolute Gasteiger partial charge is 0.155 e. The first-order valence-electron chi connectivity index (χ1n) is 2.66. The van der Waals surface area contributed by atoms with E-state index in [9.17, 15) is 0 Å². The van der Waals surface area contributed by atoms with Gasteiger partial charge in [-0.05, 0) is 48.1 Å². The van der Waals surface area contributed by atoms with Crippen molar-refractivity contribution in [1.82, 2.24) is 10.2 Å². The van der Waals surface area contributed by atoms with Crippen molar-refractivity contribution in [1.29, 1.82) is 0 Å². The Morgan fingerprint density at radius 1 is 1.33 bits per heavy atom. The van der Waals surface area contributed by atoms with E-state index in [1.54, 1.807) is 0 Å². The van der Waals surface area contributed by atoms with Crippen LogP contribution in [0.4, 0.5) is 0 Å². The number of nitrogens with zero attached hydrogens (tertiary/aromatic N) is 2. The van der Waals surface area contributed by atoms with Crippen molar-refractivity contribution in [2.75, 3.05) is 0 Å². The molecule has 0 aliphatic heterocycles. The molecular weight excluding hydrogens is 227 g/mol. The Kier molecular flexibility index (Phi) is 2.00. The fourth-order valence-corrected chi connectivity index (χ4v) is 0.867. The second-order valence-electron chi connectivity index (χ2n) is 1.96. The molecule has 0 spiro atoms. The zero-order valence-corrected chi connectivity index (χ0v) is 7.51. The molecular formula is C6H7IN2. The Balaban J connectivity index is 3.17. The maximum absolute atomic E-state index is 3.91. The first-order chi connectivity index (χ1) is 4.20. The zero-order chi connectivity index (χ0) is 6.85. The predicted octanol–water partition coefficient (Wildman–Crippen LogP) is 1.70. The van der Waals surface area contributed by atoms with Crippen molar-refractivity contribution in [3.8, 4) is 0 Å². The van der Waals surface area contributed by atoms with Crippen molar-refractivity contribution in [2.45, 2.75) is 13.8 Å². The average molecular weight is 234 g/mol. The van der Waals surface area contributed by atoms with Gasteiger partial charge in [0.1, 0.15) is 3.70 Å². The minimum absolute atomic E-state index is 0.980. The highest BCUT2D eigenvalue weighted by Gasteiger charge is 1.93. The van der Waals surface area contributed by atoms with Crippen LogP contribution in [0.5, 0.6) is 0 Å². The maximum atomic E-state index is 3.91. The lowest BCUT2D eigenvalue weighted by molar-refractivity contribution is 0.941. The van der Waals surface area contributed by atoms with Crippen molar-refractivity contribution < 1.29 is 0 Å². The normalized spacial score (nSPS) is 9.67. The molecule has 48 valence electrons. The zero-order valence-electron chi connectivity index (χ0n) is 5.35. The molecule has 0 aromatic carbocycles.